The van der Waals surface area contributed by atoms with Crippen molar-refractivity contribution in [3.05, 3.63) is 84.4 Å². The monoisotopic (exact) mass is 234 g/mol. The maximum atomic E-state index is 3.87. The van der Waals surface area contributed by atoms with Crippen LogP contribution in [0.1, 0.15) is 24.5 Å². The van der Waals surface area contributed by atoms with Crippen LogP contribution in [0.4, 0.5) is 0 Å². The van der Waals surface area contributed by atoms with Crippen LogP contribution >= 0.6 is 0 Å². The van der Waals surface area contributed by atoms with E-state index in [0.29, 0.717) is 0 Å². The fourth-order valence-corrected chi connectivity index (χ4v) is 2.13. The molecule has 2 aromatic rings. The van der Waals surface area contributed by atoms with Crippen molar-refractivity contribution in [1.82, 2.24) is 0 Å². The standard InChI is InChI=1S/C18H18/c1-3-10-18(17-13-8-5-9-14-17)15(2)16-11-6-4-7-12-16/h3-9,11-14H,1,10H2,2H3/b18-15+. The van der Waals surface area contributed by atoms with Crippen molar-refractivity contribution in [2.24, 2.45) is 0 Å². The van der Waals surface area contributed by atoms with Crippen LogP contribution in [0.15, 0.2) is 73.3 Å². The first kappa shape index (κ1) is 12.4. The van der Waals surface area contributed by atoms with E-state index in [1.807, 2.05) is 18.2 Å². The van der Waals surface area contributed by atoms with Gasteiger partial charge in [-0.15, -0.1) is 6.58 Å². The lowest BCUT2D eigenvalue weighted by molar-refractivity contribution is 1.38. The largest absolute Gasteiger partial charge is 0.103 e. The molecule has 0 aromatic heterocycles. The van der Waals surface area contributed by atoms with Crippen molar-refractivity contribution in [3.8, 4) is 0 Å². The Morgan fingerprint density at radius 1 is 0.889 bits per heavy atom. The molecule has 2 aromatic carbocycles. The summed E-state index contributed by atoms with van der Waals surface area (Å²) in [7, 11) is 0. The van der Waals surface area contributed by atoms with Gasteiger partial charge in [-0.25, -0.2) is 0 Å². The number of hydrogen-bond donors (Lipinski definition) is 0. The van der Waals surface area contributed by atoms with Crippen LogP contribution in [-0.4, -0.2) is 0 Å². The Balaban J connectivity index is 2.50. The molecule has 0 saturated heterocycles. The Hall–Kier alpha value is -2.08. The van der Waals surface area contributed by atoms with Crippen molar-refractivity contribution in [1.29, 1.82) is 0 Å². The van der Waals surface area contributed by atoms with Gasteiger partial charge in [0.25, 0.3) is 0 Å². The Morgan fingerprint density at radius 3 is 1.89 bits per heavy atom. The Bertz CT molecular complexity index is 533. The van der Waals surface area contributed by atoms with E-state index in [2.05, 4.69) is 62.0 Å². The second-order valence-electron chi connectivity index (χ2n) is 4.33. The van der Waals surface area contributed by atoms with E-state index in [1.165, 1.54) is 22.3 Å². The third-order valence-corrected chi connectivity index (χ3v) is 3.13. The predicted octanol–water partition coefficient (Wildman–Crippen LogP) is 5.19. The molecule has 18 heavy (non-hydrogen) atoms. The highest BCUT2D eigenvalue weighted by molar-refractivity contribution is 5.90. The van der Waals surface area contributed by atoms with Gasteiger partial charge < -0.3 is 0 Å². The molecule has 0 radical (unpaired) electrons. The van der Waals surface area contributed by atoms with Crippen LogP contribution in [-0.2, 0) is 0 Å². The van der Waals surface area contributed by atoms with Crippen LogP contribution in [0, 0.1) is 0 Å². The molecule has 0 heterocycles. The average molecular weight is 234 g/mol. The molecule has 0 atom stereocenters. The maximum absolute atomic E-state index is 3.87. The van der Waals surface area contributed by atoms with Gasteiger partial charge in [-0.2, -0.15) is 0 Å². The molecule has 0 unspecified atom stereocenters. The summed E-state index contributed by atoms with van der Waals surface area (Å²) in [6.45, 7) is 6.05. The summed E-state index contributed by atoms with van der Waals surface area (Å²) in [6, 6.07) is 21.0. The van der Waals surface area contributed by atoms with Gasteiger partial charge in [0.2, 0.25) is 0 Å². The van der Waals surface area contributed by atoms with E-state index < -0.39 is 0 Å². The summed E-state index contributed by atoms with van der Waals surface area (Å²) in [5.74, 6) is 0. The number of benzene rings is 2. The van der Waals surface area contributed by atoms with Gasteiger partial charge in [0.15, 0.2) is 0 Å². The molecule has 0 heteroatoms. The van der Waals surface area contributed by atoms with E-state index in [-0.39, 0.29) is 0 Å². The minimum atomic E-state index is 0.894. The minimum Gasteiger partial charge on any atom is -0.103 e. The van der Waals surface area contributed by atoms with Gasteiger partial charge >= 0.3 is 0 Å². The van der Waals surface area contributed by atoms with Crippen LogP contribution in [0.2, 0.25) is 0 Å². The van der Waals surface area contributed by atoms with Gasteiger partial charge in [0, 0.05) is 0 Å². The van der Waals surface area contributed by atoms with Crippen LogP contribution in [0.3, 0.4) is 0 Å². The van der Waals surface area contributed by atoms with Crippen molar-refractivity contribution in [2.45, 2.75) is 13.3 Å². The normalized spacial score (nSPS) is 11.8. The smallest absolute Gasteiger partial charge is 0.00913 e. The molecule has 2 rings (SSSR count). The quantitative estimate of drug-likeness (QED) is 0.504. The zero-order chi connectivity index (χ0) is 12.8. The van der Waals surface area contributed by atoms with Crippen molar-refractivity contribution in [3.63, 3.8) is 0 Å². The van der Waals surface area contributed by atoms with Gasteiger partial charge in [-0.05, 0) is 35.6 Å². The maximum Gasteiger partial charge on any atom is -0.00913 e. The highest BCUT2D eigenvalue weighted by Gasteiger charge is 2.05. The fourth-order valence-electron chi connectivity index (χ4n) is 2.13. The molecule has 0 aliphatic carbocycles. The van der Waals surface area contributed by atoms with Gasteiger partial charge in [-0.3, -0.25) is 0 Å². The molecule has 0 bridgehead atoms. The molecule has 0 aliphatic heterocycles. The Labute approximate surface area is 109 Å². The first-order chi connectivity index (χ1) is 8.83. The highest BCUT2D eigenvalue weighted by Crippen LogP contribution is 2.28. The Kier molecular flexibility index (Phi) is 4.14. The van der Waals surface area contributed by atoms with E-state index in [9.17, 15) is 0 Å². The molecule has 0 saturated carbocycles. The number of rotatable bonds is 4. The van der Waals surface area contributed by atoms with Crippen LogP contribution in [0.25, 0.3) is 11.1 Å². The van der Waals surface area contributed by atoms with Crippen molar-refractivity contribution >= 4 is 11.1 Å². The summed E-state index contributed by atoms with van der Waals surface area (Å²) >= 11 is 0. The number of hydrogen-bond acceptors (Lipinski definition) is 0. The molecule has 90 valence electrons. The summed E-state index contributed by atoms with van der Waals surface area (Å²) in [5.41, 5.74) is 5.22. The molecular formula is C18H18. The second-order valence-corrected chi connectivity index (χ2v) is 4.33. The summed E-state index contributed by atoms with van der Waals surface area (Å²) < 4.78 is 0. The van der Waals surface area contributed by atoms with Crippen molar-refractivity contribution < 1.29 is 0 Å². The lowest BCUT2D eigenvalue weighted by Gasteiger charge is -2.11. The molecule has 0 amide bonds. The SMILES string of the molecule is C=CC/C(=C(/C)c1ccccc1)c1ccccc1. The molecular weight excluding hydrogens is 216 g/mol. The molecule has 0 aliphatic rings. The zero-order valence-corrected chi connectivity index (χ0v) is 10.8. The van der Waals surface area contributed by atoms with Gasteiger partial charge in [0.1, 0.15) is 0 Å². The third-order valence-electron chi connectivity index (χ3n) is 3.13. The minimum absolute atomic E-state index is 0.894. The second kappa shape index (κ2) is 6.02. The highest BCUT2D eigenvalue weighted by atomic mass is 14.1. The van der Waals surface area contributed by atoms with Crippen molar-refractivity contribution in [2.75, 3.05) is 0 Å². The molecule has 0 nitrogen and oxygen atoms in total. The molecule has 0 spiro atoms. The number of allylic oxidation sites excluding steroid dienone is 3. The zero-order valence-electron chi connectivity index (χ0n) is 10.8. The van der Waals surface area contributed by atoms with E-state index >= 15 is 0 Å². The van der Waals surface area contributed by atoms with Gasteiger partial charge in [0.05, 0.1) is 0 Å². The van der Waals surface area contributed by atoms with E-state index in [1.54, 1.807) is 0 Å². The first-order valence-corrected chi connectivity index (χ1v) is 6.24. The summed E-state index contributed by atoms with van der Waals surface area (Å²) in [6.07, 6.45) is 2.86. The predicted molar refractivity (Wildman–Crippen MR) is 80.2 cm³/mol. The molecule has 0 fully saturated rings. The molecule has 0 N–H and O–H groups in total. The van der Waals surface area contributed by atoms with E-state index in [4.69, 9.17) is 0 Å². The average Bonchev–Trinajstić information content (AvgIpc) is 2.46. The lowest BCUT2D eigenvalue weighted by atomic mass is 9.93. The van der Waals surface area contributed by atoms with Crippen LogP contribution < -0.4 is 0 Å². The lowest BCUT2D eigenvalue weighted by Crippen LogP contribution is -1.89. The summed E-state index contributed by atoms with van der Waals surface area (Å²) in [5, 5.41) is 0. The third kappa shape index (κ3) is 2.78. The van der Waals surface area contributed by atoms with Gasteiger partial charge in [-0.1, -0.05) is 66.7 Å². The van der Waals surface area contributed by atoms with E-state index in [0.717, 1.165) is 6.42 Å². The Morgan fingerprint density at radius 2 is 1.39 bits per heavy atom. The summed E-state index contributed by atoms with van der Waals surface area (Å²) in [4.78, 5) is 0. The fraction of sp³-hybridized carbons (Fsp3) is 0.111. The topological polar surface area (TPSA) is 0 Å². The first-order valence-electron chi connectivity index (χ1n) is 6.24. The van der Waals surface area contributed by atoms with Crippen LogP contribution in [0.5, 0.6) is 0 Å².